The Kier molecular flexibility index (Phi) is 3.04. The van der Waals surface area contributed by atoms with E-state index in [4.69, 9.17) is 0 Å². The van der Waals surface area contributed by atoms with Crippen LogP contribution in [0, 0.1) is 5.92 Å². The van der Waals surface area contributed by atoms with Crippen molar-refractivity contribution in [1.29, 1.82) is 0 Å². The molecule has 1 saturated carbocycles. The van der Waals surface area contributed by atoms with Gasteiger partial charge in [-0.1, -0.05) is 25.0 Å². The van der Waals surface area contributed by atoms with Crippen LogP contribution >= 0.6 is 11.3 Å². The van der Waals surface area contributed by atoms with Gasteiger partial charge in [-0.3, -0.25) is 0 Å². The standard InChI is InChI=1S/C14H15NO2S/c16-14(17)10-6-2-1-5-9(10)13-15-11-7-3-4-8-12(11)18-13/h3-4,7-10H,1-2,5-6H2,(H,16,17)/p-1/t9-,10+/m0/s1. The second-order valence-corrected chi connectivity index (χ2v) is 5.90. The Morgan fingerprint density at radius 3 is 2.83 bits per heavy atom. The van der Waals surface area contributed by atoms with Gasteiger partial charge in [-0.15, -0.1) is 11.3 Å². The molecule has 0 N–H and O–H groups in total. The van der Waals surface area contributed by atoms with Gasteiger partial charge >= 0.3 is 0 Å². The Hall–Kier alpha value is -1.42. The van der Waals surface area contributed by atoms with Crippen LogP contribution in [0.2, 0.25) is 0 Å². The molecule has 0 saturated heterocycles. The van der Waals surface area contributed by atoms with Crippen LogP contribution in [0.25, 0.3) is 10.2 Å². The molecule has 0 radical (unpaired) electrons. The number of carboxylic acid groups (broad SMARTS) is 1. The van der Waals surface area contributed by atoms with E-state index in [2.05, 4.69) is 4.98 Å². The van der Waals surface area contributed by atoms with Crippen LogP contribution in [0.1, 0.15) is 36.6 Å². The van der Waals surface area contributed by atoms with Crippen molar-refractivity contribution < 1.29 is 9.90 Å². The third kappa shape index (κ3) is 2.01. The zero-order valence-electron chi connectivity index (χ0n) is 9.96. The highest BCUT2D eigenvalue weighted by molar-refractivity contribution is 7.18. The quantitative estimate of drug-likeness (QED) is 0.832. The molecule has 0 bridgehead atoms. The van der Waals surface area contributed by atoms with Crippen LogP contribution in [-0.2, 0) is 4.79 Å². The number of thiazole rings is 1. The van der Waals surface area contributed by atoms with Crippen LogP contribution in [0.5, 0.6) is 0 Å². The highest BCUT2D eigenvalue weighted by Crippen LogP contribution is 2.40. The first-order chi connectivity index (χ1) is 8.75. The van der Waals surface area contributed by atoms with Gasteiger partial charge in [0.25, 0.3) is 0 Å². The van der Waals surface area contributed by atoms with Crippen molar-refractivity contribution in [2.24, 2.45) is 5.92 Å². The lowest BCUT2D eigenvalue weighted by Crippen LogP contribution is -2.36. The van der Waals surface area contributed by atoms with Gasteiger partial charge in [0.15, 0.2) is 0 Å². The molecule has 1 heterocycles. The summed E-state index contributed by atoms with van der Waals surface area (Å²) in [6, 6.07) is 7.96. The molecule has 1 aliphatic carbocycles. The summed E-state index contributed by atoms with van der Waals surface area (Å²) in [5.74, 6) is -1.24. The summed E-state index contributed by atoms with van der Waals surface area (Å²) in [6.07, 6.45) is 3.71. The van der Waals surface area contributed by atoms with Crippen LogP contribution in [0.15, 0.2) is 24.3 Å². The number of carboxylic acids is 1. The SMILES string of the molecule is O=C([O-])[C@@H]1CCCC[C@@H]1c1nc2ccccc2s1. The highest BCUT2D eigenvalue weighted by Gasteiger charge is 2.29. The monoisotopic (exact) mass is 260 g/mol. The van der Waals surface area contributed by atoms with Gasteiger partial charge in [0.1, 0.15) is 0 Å². The molecule has 2 atom stereocenters. The molecule has 2 aromatic rings. The minimum Gasteiger partial charge on any atom is -0.550 e. The van der Waals surface area contributed by atoms with Gasteiger partial charge in [0.05, 0.1) is 15.2 Å². The van der Waals surface area contributed by atoms with Crippen molar-refractivity contribution in [3.8, 4) is 0 Å². The first-order valence-electron chi connectivity index (χ1n) is 6.32. The number of hydrogen-bond acceptors (Lipinski definition) is 4. The van der Waals surface area contributed by atoms with E-state index >= 15 is 0 Å². The normalized spacial score (nSPS) is 24.2. The van der Waals surface area contributed by atoms with Gasteiger partial charge in [-0.05, 0) is 25.0 Å². The number of para-hydroxylation sites is 1. The van der Waals surface area contributed by atoms with Crippen molar-refractivity contribution in [3.63, 3.8) is 0 Å². The smallest absolute Gasteiger partial charge is 0.0976 e. The first kappa shape index (κ1) is 11.7. The zero-order chi connectivity index (χ0) is 12.5. The minimum absolute atomic E-state index is 0.0427. The molecule has 0 spiro atoms. The van der Waals surface area contributed by atoms with Crippen LogP contribution in [0.3, 0.4) is 0 Å². The Balaban J connectivity index is 1.98. The Morgan fingerprint density at radius 1 is 1.28 bits per heavy atom. The maximum absolute atomic E-state index is 11.2. The van der Waals surface area contributed by atoms with E-state index in [-0.39, 0.29) is 11.8 Å². The number of fused-ring (bicyclic) bond motifs is 1. The minimum atomic E-state index is -0.918. The molecule has 94 valence electrons. The van der Waals surface area contributed by atoms with E-state index in [1.54, 1.807) is 11.3 Å². The lowest BCUT2D eigenvalue weighted by molar-refractivity contribution is -0.313. The van der Waals surface area contributed by atoms with Gasteiger partial charge in [-0.25, -0.2) is 4.98 Å². The average Bonchev–Trinajstić information content (AvgIpc) is 2.82. The van der Waals surface area contributed by atoms with Crippen LogP contribution in [0.4, 0.5) is 0 Å². The second-order valence-electron chi connectivity index (χ2n) is 4.84. The topological polar surface area (TPSA) is 53.0 Å². The fraction of sp³-hybridized carbons (Fsp3) is 0.429. The van der Waals surface area contributed by atoms with Gasteiger partial charge in [0, 0.05) is 17.8 Å². The summed E-state index contributed by atoms with van der Waals surface area (Å²) >= 11 is 1.62. The second kappa shape index (κ2) is 4.69. The maximum Gasteiger partial charge on any atom is 0.0976 e. The average molecular weight is 260 g/mol. The molecule has 4 heteroatoms. The van der Waals surface area contributed by atoms with E-state index in [0.29, 0.717) is 0 Å². The summed E-state index contributed by atoms with van der Waals surface area (Å²) in [5, 5.41) is 12.2. The molecular formula is C14H14NO2S-. The highest BCUT2D eigenvalue weighted by atomic mass is 32.1. The van der Waals surface area contributed by atoms with Crippen molar-refractivity contribution in [2.75, 3.05) is 0 Å². The van der Waals surface area contributed by atoms with Gasteiger partial charge in [0.2, 0.25) is 0 Å². The first-order valence-corrected chi connectivity index (χ1v) is 7.13. The summed E-state index contributed by atoms with van der Waals surface area (Å²) in [6.45, 7) is 0. The summed E-state index contributed by atoms with van der Waals surface area (Å²) in [5.41, 5.74) is 0.972. The van der Waals surface area contributed by atoms with Crippen LogP contribution in [-0.4, -0.2) is 11.0 Å². The Labute approximate surface area is 109 Å². The van der Waals surface area contributed by atoms with E-state index < -0.39 is 5.97 Å². The third-order valence-electron chi connectivity index (χ3n) is 3.70. The van der Waals surface area contributed by atoms with E-state index in [9.17, 15) is 9.90 Å². The predicted molar refractivity (Wildman–Crippen MR) is 69.3 cm³/mol. The molecule has 1 aliphatic rings. The largest absolute Gasteiger partial charge is 0.550 e. The number of benzene rings is 1. The van der Waals surface area contributed by atoms with Crippen molar-refractivity contribution >= 4 is 27.5 Å². The molecule has 1 aromatic carbocycles. The van der Waals surface area contributed by atoms with Crippen molar-refractivity contribution in [2.45, 2.75) is 31.6 Å². The van der Waals surface area contributed by atoms with Crippen molar-refractivity contribution in [3.05, 3.63) is 29.3 Å². The predicted octanol–water partition coefficient (Wildman–Crippen LogP) is 2.32. The maximum atomic E-state index is 11.2. The molecule has 1 fully saturated rings. The van der Waals surface area contributed by atoms with E-state index in [0.717, 1.165) is 40.9 Å². The number of carbonyl (C=O) groups is 1. The van der Waals surface area contributed by atoms with Gasteiger partial charge < -0.3 is 9.90 Å². The number of aromatic nitrogens is 1. The number of aliphatic carboxylic acids is 1. The third-order valence-corrected chi connectivity index (χ3v) is 4.86. The molecule has 1 aromatic heterocycles. The summed E-state index contributed by atoms with van der Waals surface area (Å²) < 4.78 is 1.13. The zero-order valence-corrected chi connectivity index (χ0v) is 10.8. The molecule has 3 nitrogen and oxygen atoms in total. The Bertz CT molecular complexity index is 545. The van der Waals surface area contributed by atoms with E-state index in [1.165, 1.54) is 0 Å². The summed E-state index contributed by atoms with van der Waals surface area (Å²) in [4.78, 5) is 15.8. The van der Waals surface area contributed by atoms with Crippen LogP contribution < -0.4 is 5.11 Å². The number of rotatable bonds is 2. The van der Waals surface area contributed by atoms with Gasteiger partial charge in [-0.2, -0.15) is 0 Å². The Morgan fingerprint density at radius 2 is 2.06 bits per heavy atom. The fourth-order valence-electron chi connectivity index (χ4n) is 2.76. The molecule has 18 heavy (non-hydrogen) atoms. The molecule has 0 unspecified atom stereocenters. The molecule has 0 aliphatic heterocycles. The molecule has 3 rings (SSSR count). The van der Waals surface area contributed by atoms with E-state index in [1.807, 2.05) is 24.3 Å². The lowest BCUT2D eigenvalue weighted by atomic mass is 9.79. The number of hydrogen-bond donors (Lipinski definition) is 0. The molecular weight excluding hydrogens is 246 g/mol. The van der Waals surface area contributed by atoms with Crippen molar-refractivity contribution in [1.82, 2.24) is 4.98 Å². The lowest BCUT2D eigenvalue weighted by Gasteiger charge is -2.30. The fourth-order valence-corrected chi connectivity index (χ4v) is 3.92. The number of carbonyl (C=O) groups excluding carboxylic acids is 1. The number of nitrogens with zero attached hydrogens (tertiary/aromatic N) is 1. The summed E-state index contributed by atoms with van der Waals surface area (Å²) in [7, 11) is 0. The molecule has 0 amide bonds.